The first kappa shape index (κ1) is 21.5. The zero-order valence-electron chi connectivity index (χ0n) is 17.1. The summed E-state index contributed by atoms with van der Waals surface area (Å²) in [5, 5.41) is 14.8. The number of hydrogen-bond donors (Lipinski definition) is 2. The predicted molar refractivity (Wildman–Crippen MR) is 116 cm³/mol. The Kier molecular flexibility index (Phi) is 7.18. The average molecular weight is 425 g/mol. The summed E-state index contributed by atoms with van der Waals surface area (Å²) in [6.45, 7) is 6.35. The number of carbonyl (C=O) groups is 2. The molecule has 0 saturated heterocycles. The van der Waals surface area contributed by atoms with Gasteiger partial charge >= 0.3 is 0 Å². The number of benzene rings is 1. The molecule has 0 radical (unpaired) electrons. The van der Waals surface area contributed by atoms with E-state index in [9.17, 15) is 9.59 Å². The van der Waals surface area contributed by atoms with E-state index >= 15 is 0 Å². The number of nitrogens with zero attached hydrogens (tertiary/aromatic N) is 4. The molecule has 2 amide bonds. The average Bonchev–Trinajstić information content (AvgIpc) is 3.17. The van der Waals surface area contributed by atoms with Crippen LogP contribution in [0.1, 0.15) is 41.6 Å². The van der Waals surface area contributed by atoms with Crippen LogP contribution in [0.25, 0.3) is 0 Å². The minimum atomic E-state index is -0.329. The molecular weight excluding hydrogens is 400 g/mol. The Balaban J connectivity index is 1.63. The standard InChI is InChI=1S/C21H24N6O2S/c1-4-27-19(15(3)23-20(29)16-10-6-5-7-11-16)25-26-21(27)30-13-17(28)24-18-14(2)9-8-12-22-18/h5-12,15H,4,13H2,1-3H3,(H,23,29)(H,22,24,28)/t15-/m0/s1. The first-order valence-electron chi connectivity index (χ1n) is 9.62. The molecule has 0 spiro atoms. The van der Waals surface area contributed by atoms with Crippen LogP contribution in [0, 0.1) is 6.92 Å². The van der Waals surface area contributed by atoms with Crippen molar-refractivity contribution in [2.45, 2.75) is 38.5 Å². The molecule has 1 atom stereocenters. The van der Waals surface area contributed by atoms with Gasteiger partial charge in [-0.15, -0.1) is 10.2 Å². The lowest BCUT2D eigenvalue weighted by Gasteiger charge is -2.15. The highest BCUT2D eigenvalue weighted by molar-refractivity contribution is 7.99. The van der Waals surface area contributed by atoms with Crippen LogP contribution in [0.15, 0.2) is 53.8 Å². The molecule has 2 heterocycles. The lowest BCUT2D eigenvalue weighted by Crippen LogP contribution is -2.28. The molecular formula is C21H24N6O2S. The van der Waals surface area contributed by atoms with Crippen molar-refractivity contribution in [3.63, 3.8) is 0 Å². The highest BCUT2D eigenvalue weighted by Gasteiger charge is 2.20. The van der Waals surface area contributed by atoms with Gasteiger partial charge in [0.25, 0.3) is 5.91 Å². The largest absolute Gasteiger partial charge is 0.342 e. The van der Waals surface area contributed by atoms with Gasteiger partial charge in [-0.1, -0.05) is 36.0 Å². The van der Waals surface area contributed by atoms with Gasteiger partial charge in [0.05, 0.1) is 11.8 Å². The van der Waals surface area contributed by atoms with Gasteiger partial charge in [0.2, 0.25) is 5.91 Å². The quantitative estimate of drug-likeness (QED) is 0.539. The molecule has 0 saturated carbocycles. The van der Waals surface area contributed by atoms with Crippen molar-refractivity contribution in [3.8, 4) is 0 Å². The third-order valence-corrected chi connectivity index (χ3v) is 5.40. The Labute approximate surface area is 179 Å². The minimum absolute atomic E-state index is 0.167. The lowest BCUT2D eigenvalue weighted by molar-refractivity contribution is -0.113. The smallest absolute Gasteiger partial charge is 0.251 e. The third-order valence-electron chi connectivity index (χ3n) is 4.43. The molecule has 0 fully saturated rings. The van der Waals surface area contributed by atoms with Crippen molar-refractivity contribution in [1.82, 2.24) is 25.1 Å². The summed E-state index contributed by atoms with van der Waals surface area (Å²) in [5.74, 6) is 1.04. The van der Waals surface area contributed by atoms with E-state index in [1.54, 1.807) is 18.3 Å². The van der Waals surface area contributed by atoms with Crippen LogP contribution in [0.2, 0.25) is 0 Å². The van der Waals surface area contributed by atoms with Gasteiger partial charge in [0.15, 0.2) is 11.0 Å². The van der Waals surface area contributed by atoms with Crippen molar-refractivity contribution in [2.75, 3.05) is 11.1 Å². The fourth-order valence-electron chi connectivity index (χ4n) is 2.87. The maximum absolute atomic E-state index is 12.4. The van der Waals surface area contributed by atoms with E-state index in [1.165, 1.54) is 11.8 Å². The molecule has 0 aliphatic carbocycles. The molecule has 3 aromatic rings. The van der Waals surface area contributed by atoms with E-state index < -0.39 is 0 Å². The van der Waals surface area contributed by atoms with E-state index in [-0.39, 0.29) is 23.6 Å². The van der Waals surface area contributed by atoms with E-state index in [4.69, 9.17) is 0 Å². The zero-order valence-corrected chi connectivity index (χ0v) is 17.9. The van der Waals surface area contributed by atoms with Gasteiger partial charge in [-0.05, 0) is 44.5 Å². The van der Waals surface area contributed by atoms with E-state index in [1.807, 2.05) is 55.7 Å². The van der Waals surface area contributed by atoms with E-state index in [0.29, 0.717) is 28.9 Å². The van der Waals surface area contributed by atoms with Crippen LogP contribution in [0.3, 0.4) is 0 Å². The predicted octanol–water partition coefficient (Wildman–Crippen LogP) is 3.22. The normalized spacial score (nSPS) is 11.7. The van der Waals surface area contributed by atoms with Crippen molar-refractivity contribution in [3.05, 3.63) is 65.6 Å². The van der Waals surface area contributed by atoms with E-state index in [2.05, 4.69) is 25.8 Å². The topological polar surface area (TPSA) is 102 Å². The van der Waals surface area contributed by atoms with Gasteiger partial charge in [-0.25, -0.2) is 4.98 Å². The van der Waals surface area contributed by atoms with Crippen LogP contribution in [0.4, 0.5) is 5.82 Å². The second kappa shape index (κ2) is 10.0. The molecule has 156 valence electrons. The summed E-state index contributed by atoms with van der Waals surface area (Å²) in [6.07, 6.45) is 1.64. The maximum Gasteiger partial charge on any atom is 0.251 e. The Hall–Kier alpha value is -3.20. The van der Waals surface area contributed by atoms with E-state index in [0.717, 1.165) is 5.56 Å². The number of amides is 2. The number of rotatable bonds is 8. The maximum atomic E-state index is 12.4. The van der Waals surface area contributed by atoms with Crippen molar-refractivity contribution < 1.29 is 9.59 Å². The number of hydrogen-bond acceptors (Lipinski definition) is 6. The number of aromatic nitrogens is 4. The van der Waals surface area contributed by atoms with Crippen LogP contribution >= 0.6 is 11.8 Å². The summed E-state index contributed by atoms with van der Waals surface area (Å²) >= 11 is 1.30. The van der Waals surface area contributed by atoms with Gasteiger partial charge in [-0.2, -0.15) is 0 Å². The van der Waals surface area contributed by atoms with Crippen LogP contribution < -0.4 is 10.6 Å². The molecule has 2 aromatic heterocycles. The van der Waals surface area contributed by atoms with Crippen LogP contribution in [-0.4, -0.2) is 37.3 Å². The Bertz CT molecular complexity index is 1020. The molecule has 1 aromatic carbocycles. The second-order valence-corrected chi connectivity index (χ2v) is 7.59. The Morgan fingerprint density at radius 3 is 2.60 bits per heavy atom. The van der Waals surface area contributed by atoms with Gasteiger partial charge in [0.1, 0.15) is 5.82 Å². The van der Waals surface area contributed by atoms with Crippen molar-refractivity contribution in [2.24, 2.45) is 0 Å². The molecule has 0 aliphatic heterocycles. The van der Waals surface area contributed by atoms with Crippen LogP contribution in [-0.2, 0) is 11.3 Å². The first-order chi connectivity index (χ1) is 14.5. The molecule has 8 nitrogen and oxygen atoms in total. The summed E-state index contributed by atoms with van der Waals surface area (Å²) < 4.78 is 1.90. The fraction of sp³-hybridized carbons (Fsp3) is 0.286. The third kappa shape index (κ3) is 5.24. The number of carbonyl (C=O) groups excluding carboxylic acids is 2. The fourth-order valence-corrected chi connectivity index (χ4v) is 3.68. The lowest BCUT2D eigenvalue weighted by atomic mass is 10.2. The monoisotopic (exact) mass is 424 g/mol. The molecule has 9 heteroatoms. The molecule has 0 aliphatic rings. The first-order valence-corrected chi connectivity index (χ1v) is 10.6. The molecule has 0 bridgehead atoms. The molecule has 2 N–H and O–H groups in total. The number of anilines is 1. The highest BCUT2D eigenvalue weighted by atomic mass is 32.2. The number of pyridine rings is 1. The van der Waals surface area contributed by atoms with Crippen LogP contribution in [0.5, 0.6) is 0 Å². The Morgan fingerprint density at radius 2 is 1.90 bits per heavy atom. The zero-order chi connectivity index (χ0) is 21.5. The number of aryl methyl sites for hydroxylation is 1. The molecule has 3 rings (SSSR count). The van der Waals surface area contributed by atoms with Crippen molar-refractivity contribution >= 4 is 29.4 Å². The molecule has 30 heavy (non-hydrogen) atoms. The Morgan fingerprint density at radius 1 is 1.13 bits per heavy atom. The van der Waals surface area contributed by atoms with Gasteiger partial charge in [-0.3, -0.25) is 9.59 Å². The highest BCUT2D eigenvalue weighted by Crippen LogP contribution is 2.21. The van der Waals surface area contributed by atoms with Gasteiger partial charge in [0, 0.05) is 18.3 Å². The summed E-state index contributed by atoms with van der Waals surface area (Å²) in [6, 6.07) is 12.4. The minimum Gasteiger partial charge on any atom is -0.342 e. The summed E-state index contributed by atoms with van der Waals surface area (Å²) in [5.41, 5.74) is 1.49. The summed E-state index contributed by atoms with van der Waals surface area (Å²) in [4.78, 5) is 28.9. The van der Waals surface area contributed by atoms with Gasteiger partial charge < -0.3 is 15.2 Å². The summed E-state index contributed by atoms with van der Waals surface area (Å²) in [7, 11) is 0. The molecule has 0 unspecified atom stereocenters. The number of nitrogens with one attached hydrogen (secondary N) is 2. The second-order valence-electron chi connectivity index (χ2n) is 6.65. The number of thioether (sulfide) groups is 1. The SMILES string of the molecule is CCn1c(SCC(=O)Nc2ncccc2C)nnc1[C@H](C)NC(=O)c1ccccc1. The van der Waals surface area contributed by atoms with Crippen molar-refractivity contribution in [1.29, 1.82) is 0 Å².